The summed E-state index contributed by atoms with van der Waals surface area (Å²) >= 11 is 11.2. The lowest BCUT2D eigenvalue weighted by molar-refractivity contribution is -0.136. The number of thiazole rings is 1. The number of hydrogen-bond donors (Lipinski definition) is 0. The summed E-state index contributed by atoms with van der Waals surface area (Å²) in [7, 11) is 1.30. The van der Waals surface area contributed by atoms with Gasteiger partial charge in [0, 0.05) is 21.1 Å². The van der Waals surface area contributed by atoms with E-state index in [0.717, 1.165) is 10.0 Å². The van der Waals surface area contributed by atoms with Gasteiger partial charge in [-0.3, -0.25) is 9.36 Å². The van der Waals surface area contributed by atoms with Crippen molar-refractivity contribution in [3.8, 4) is 11.3 Å². The summed E-state index contributed by atoms with van der Waals surface area (Å²) in [6.45, 7) is 1.73. The lowest BCUT2D eigenvalue weighted by Gasteiger charge is -2.25. The molecule has 6 nitrogen and oxygen atoms in total. The Kier molecular flexibility index (Phi) is 6.35. The maximum atomic E-state index is 13.6. The van der Waals surface area contributed by atoms with Crippen molar-refractivity contribution in [2.75, 3.05) is 7.11 Å². The van der Waals surface area contributed by atoms with Crippen molar-refractivity contribution in [2.45, 2.75) is 13.0 Å². The molecule has 9 heteroatoms. The number of esters is 1. The average Bonchev–Trinajstić information content (AvgIpc) is 3.43. The van der Waals surface area contributed by atoms with Crippen molar-refractivity contribution in [3.05, 3.63) is 112 Å². The molecule has 4 aromatic rings. The van der Waals surface area contributed by atoms with E-state index >= 15 is 0 Å². The van der Waals surface area contributed by atoms with Gasteiger partial charge in [-0.2, -0.15) is 0 Å². The molecular formula is C26H18BrClN2O4S. The molecule has 3 heterocycles. The Bertz CT molecular complexity index is 1660. The van der Waals surface area contributed by atoms with Crippen LogP contribution in [0.2, 0.25) is 5.02 Å². The molecule has 5 rings (SSSR count). The molecule has 1 atom stereocenters. The highest BCUT2D eigenvalue weighted by Gasteiger charge is 2.34. The van der Waals surface area contributed by atoms with Crippen LogP contribution < -0.4 is 14.9 Å². The molecular weight excluding hydrogens is 552 g/mol. The third kappa shape index (κ3) is 4.33. The third-order valence-electron chi connectivity index (χ3n) is 5.66. The Labute approximate surface area is 217 Å². The summed E-state index contributed by atoms with van der Waals surface area (Å²) in [6.07, 6.45) is 1.69. The van der Waals surface area contributed by atoms with Crippen LogP contribution in [-0.4, -0.2) is 17.6 Å². The number of methoxy groups -OCH3 is 1. The Hall–Kier alpha value is -3.20. The van der Waals surface area contributed by atoms with Crippen molar-refractivity contribution in [1.82, 2.24) is 4.57 Å². The monoisotopic (exact) mass is 568 g/mol. The number of benzene rings is 2. The second-order valence-corrected chi connectivity index (χ2v) is 10.1. The van der Waals surface area contributed by atoms with Crippen molar-refractivity contribution in [2.24, 2.45) is 4.99 Å². The molecule has 0 saturated carbocycles. The summed E-state index contributed by atoms with van der Waals surface area (Å²) in [4.78, 5) is 31.4. The van der Waals surface area contributed by atoms with Crippen molar-refractivity contribution in [3.63, 3.8) is 0 Å². The van der Waals surface area contributed by atoms with Crippen molar-refractivity contribution < 1.29 is 13.9 Å². The van der Waals surface area contributed by atoms with Gasteiger partial charge < -0.3 is 9.15 Å². The zero-order chi connectivity index (χ0) is 24.7. The number of carbonyl (C=O) groups is 1. The minimum absolute atomic E-state index is 0.273. The number of aromatic nitrogens is 1. The van der Waals surface area contributed by atoms with Gasteiger partial charge in [-0.05, 0) is 42.8 Å². The number of nitrogens with zero attached hydrogens (tertiary/aromatic N) is 2. The second-order valence-electron chi connectivity index (χ2n) is 7.80. The van der Waals surface area contributed by atoms with Gasteiger partial charge in [-0.25, -0.2) is 9.79 Å². The van der Waals surface area contributed by atoms with Crippen LogP contribution in [0.15, 0.2) is 90.6 Å². The van der Waals surface area contributed by atoms with Gasteiger partial charge in [0.2, 0.25) is 0 Å². The van der Waals surface area contributed by atoms with Gasteiger partial charge in [0.05, 0.1) is 22.9 Å². The highest BCUT2D eigenvalue weighted by Crippen LogP contribution is 2.34. The van der Waals surface area contributed by atoms with Gasteiger partial charge >= 0.3 is 5.97 Å². The van der Waals surface area contributed by atoms with E-state index in [1.54, 1.807) is 31.2 Å². The summed E-state index contributed by atoms with van der Waals surface area (Å²) in [6, 6.07) is 17.8. The first-order valence-electron chi connectivity index (χ1n) is 10.6. The van der Waals surface area contributed by atoms with Gasteiger partial charge in [0.15, 0.2) is 4.80 Å². The average molecular weight is 570 g/mol. The summed E-state index contributed by atoms with van der Waals surface area (Å²) in [5.41, 5.74) is 1.99. The number of fused-ring (bicyclic) bond motifs is 1. The fourth-order valence-corrected chi connectivity index (χ4v) is 5.54. The third-order valence-corrected chi connectivity index (χ3v) is 7.51. The van der Waals surface area contributed by atoms with Crippen molar-refractivity contribution in [1.29, 1.82) is 0 Å². The molecule has 0 N–H and O–H groups in total. The lowest BCUT2D eigenvalue weighted by atomic mass is 9.96. The molecule has 1 aliphatic rings. The fraction of sp³-hybridized carbons (Fsp3) is 0.115. The minimum Gasteiger partial charge on any atom is -0.466 e. The van der Waals surface area contributed by atoms with Gasteiger partial charge in [0.1, 0.15) is 17.6 Å². The normalized spacial score (nSPS) is 15.7. The number of rotatable bonds is 4. The van der Waals surface area contributed by atoms with Crippen molar-refractivity contribution >= 4 is 50.9 Å². The number of allylic oxidation sites excluding steroid dienone is 1. The van der Waals surface area contributed by atoms with E-state index in [-0.39, 0.29) is 11.1 Å². The molecule has 2 aromatic carbocycles. The molecule has 0 spiro atoms. The molecule has 35 heavy (non-hydrogen) atoms. The molecule has 0 saturated heterocycles. The van der Waals surface area contributed by atoms with E-state index in [1.165, 1.54) is 23.0 Å². The molecule has 2 aromatic heterocycles. The van der Waals surface area contributed by atoms with Gasteiger partial charge in [-0.15, -0.1) is 0 Å². The first-order valence-corrected chi connectivity index (χ1v) is 12.6. The van der Waals surface area contributed by atoms with E-state index in [1.807, 2.05) is 42.5 Å². The number of ether oxygens (including phenoxy) is 1. The highest BCUT2D eigenvalue weighted by atomic mass is 79.9. The Morgan fingerprint density at radius 2 is 1.91 bits per heavy atom. The Morgan fingerprint density at radius 1 is 1.17 bits per heavy atom. The zero-order valence-electron chi connectivity index (χ0n) is 18.6. The fourth-order valence-electron chi connectivity index (χ4n) is 4.01. The van der Waals surface area contributed by atoms with Crippen LogP contribution in [0.4, 0.5) is 0 Å². The van der Waals surface area contributed by atoms with E-state index in [9.17, 15) is 9.59 Å². The molecule has 1 aliphatic heterocycles. The quantitative estimate of drug-likeness (QED) is 0.321. The van der Waals surface area contributed by atoms with Crippen LogP contribution in [0.5, 0.6) is 0 Å². The molecule has 0 fully saturated rings. The molecule has 0 bridgehead atoms. The summed E-state index contributed by atoms with van der Waals surface area (Å²) in [5.74, 6) is 0.663. The van der Waals surface area contributed by atoms with Gasteiger partial charge in [-0.1, -0.05) is 69.2 Å². The second kappa shape index (κ2) is 9.45. The SMILES string of the molecule is COC(=O)C1=C(C)N=c2sc(=Cc3ccc(-c4ccc(Br)cc4)o3)c(=O)n2[C@H]1c1ccccc1Cl. The van der Waals surface area contributed by atoms with Gasteiger partial charge in [0.25, 0.3) is 5.56 Å². The number of carbonyl (C=O) groups excluding carboxylic acids is 1. The molecule has 0 unspecified atom stereocenters. The van der Waals surface area contributed by atoms with Crippen LogP contribution in [0.3, 0.4) is 0 Å². The Morgan fingerprint density at radius 3 is 2.63 bits per heavy atom. The minimum atomic E-state index is -0.760. The summed E-state index contributed by atoms with van der Waals surface area (Å²) < 4.78 is 13.9. The zero-order valence-corrected chi connectivity index (χ0v) is 21.8. The first kappa shape index (κ1) is 23.5. The van der Waals surface area contributed by atoms with Crippen LogP contribution in [0.25, 0.3) is 17.4 Å². The lowest BCUT2D eigenvalue weighted by Crippen LogP contribution is -2.39. The molecule has 176 valence electrons. The van der Waals surface area contributed by atoms with E-state index in [2.05, 4.69) is 20.9 Å². The smallest absolute Gasteiger partial charge is 0.338 e. The maximum Gasteiger partial charge on any atom is 0.338 e. The number of furan rings is 1. The van der Waals surface area contributed by atoms with E-state index in [4.69, 9.17) is 20.8 Å². The van der Waals surface area contributed by atoms with Crippen LogP contribution in [-0.2, 0) is 9.53 Å². The van der Waals surface area contributed by atoms with Crippen LogP contribution in [0, 0.1) is 0 Å². The highest BCUT2D eigenvalue weighted by molar-refractivity contribution is 9.10. The van der Waals surface area contributed by atoms with Crippen LogP contribution >= 0.6 is 38.9 Å². The standard InChI is InChI=1S/C26H18BrClN2O4S/c1-14-22(25(32)33-2)23(18-5-3-4-6-19(18)28)30-24(31)21(35-26(30)29-14)13-17-11-12-20(34-17)15-7-9-16(27)10-8-15/h3-13,23H,1-2H3/t23-/m0/s1. The summed E-state index contributed by atoms with van der Waals surface area (Å²) in [5, 5.41) is 0.438. The molecule has 0 amide bonds. The Balaban J connectivity index is 1.66. The maximum absolute atomic E-state index is 13.6. The predicted molar refractivity (Wildman–Crippen MR) is 139 cm³/mol. The van der Waals surface area contributed by atoms with Crippen LogP contribution in [0.1, 0.15) is 24.3 Å². The molecule has 0 radical (unpaired) electrons. The number of halogens is 2. The largest absolute Gasteiger partial charge is 0.466 e. The topological polar surface area (TPSA) is 73.8 Å². The number of hydrogen-bond acceptors (Lipinski definition) is 6. The predicted octanol–water partition coefficient (Wildman–Crippen LogP) is 5.08. The van der Waals surface area contributed by atoms with E-state index in [0.29, 0.717) is 37.1 Å². The van der Waals surface area contributed by atoms with E-state index < -0.39 is 12.0 Å². The molecule has 0 aliphatic carbocycles. The first-order chi connectivity index (χ1) is 16.9.